The van der Waals surface area contributed by atoms with Gasteiger partial charge in [-0.3, -0.25) is 4.79 Å². The van der Waals surface area contributed by atoms with Crippen LogP contribution >= 0.6 is 11.8 Å². The minimum Gasteiger partial charge on any atom is -0.352 e. The summed E-state index contributed by atoms with van der Waals surface area (Å²) in [5, 5.41) is 2.77. The number of halogens is 2. The van der Waals surface area contributed by atoms with E-state index in [1.54, 1.807) is 6.07 Å². The number of aromatic nitrogens is 1. The zero-order valence-electron chi connectivity index (χ0n) is 11.1. The van der Waals surface area contributed by atoms with Gasteiger partial charge in [0.15, 0.2) is 0 Å². The fraction of sp³-hybridized carbons (Fsp3) is 0.200. The maximum absolute atomic E-state index is 12.4. The highest BCUT2D eigenvalue weighted by Crippen LogP contribution is 2.26. The maximum atomic E-state index is 12.4. The van der Waals surface area contributed by atoms with Gasteiger partial charge >= 0.3 is 0 Å². The molecule has 3 nitrogen and oxygen atoms in total. The Balaban J connectivity index is 1.94. The summed E-state index contributed by atoms with van der Waals surface area (Å²) < 4.78 is 24.9. The molecule has 2 rings (SSSR count). The summed E-state index contributed by atoms with van der Waals surface area (Å²) in [6.45, 7) is 0.441. The lowest BCUT2D eigenvalue weighted by molar-refractivity contribution is 0.0950. The first-order valence-electron chi connectivity index (χ1n) is 6.39. The number of nitrogens with zero attached hydrogens (tertiary/aromatic N) is 1. The van der Waals surface area contributed by atoms with E-state index in [-0.39, 0.29) is 28.3 Å². The van der Waals surface area contributed by atoms with Crippen LogP contribution in [0.4, 0.5) is 8.78 Å². The molecule has 0 spiro atoms. The predicted molar refractivity (Wildman–Crippen MR) is 78.6 cm³/mol. The fourth-order valence-corrected chi connectivity index (χ4v) is 2.38. The number of hydrogen-bond donors (Lipinski definition) is 1. The van der Waals surface area contributed by atoms with Crippen LogP contribution in [-0.4, -0.2) is 23.2 Å². The van der Waals surface area contributed by atoms with Crippen LogP contribution in [0.3, 0.4) is 0 Å². The second-order valence-corrected chi connectivity index (χ2v) is 5.20. The van der Waals surface area contributed by atoms with Crippen molar-refractivity contribution in [3.05, 3.63) is 59.8 Å². The van der Waals surface area contributed by atoms with Gasteiger partial charge in [0, 0.05) is 12.7 Å². The number of alkyl halides is 2. The van der Waals surface area contributed by atoms with Crippen LogP contribution in [0, 0.1) is 0 Å². The van der Waals surface area contributed by atoms with Crippen LogP contribution in [0.5, 0.6) is 0 Å². The van der Waals surface area contributed by atoms with Crippen molar-refractivity contribution >= 4 is 17.7 Å². The molecule has 0 aliphatic heterocycles. The summed E-state index contributed by atoms with van der Waals surface area (Å²) in [6, 6.07) is 12.8. The monoisotopic (exact) mass is 308 g/mol. The summed E-state index contributed by atoms with van der Waals surface area (Å²) in [5.74, 6) is -2.99. The van der Waals surface area contributed by atoms with E-state index in [2.05, 4.69) is 10.3 Å². The Labute approximate surface area is 125 Å². The Morgan fingerprint density at radius 1 is 1.19 bits per heavy atom. The van der Waals surface area contributed by atoms with Crippen molar-refractivity contribution in [3.8, 4) is 0 Å². The van der Waals surface area contributed by atoms with Crippen molar-refractivity contribution in [1.82, 2.24) is 10.3 Å². The largest absolute Gasteiger partial charge is 0.352 e. The number of nitrogens with one attached hydrogen (secondary N) is 1. The Bertz CT molecular complexity index is 593. The highest BCUT2D eigenvalue weighted by Gasteiger charge is 2.16. The molecule has 6 heteroatoms. The van der Waals surface area contributed by atoms with Gasteiger partial charge in [0.2, 0.25) is 0 Å². The maximum Gasteiger partial charge on any atom is 0.290 e. The Hall–Kier alpha value is -1.95. The Morgan fingerprint density at radius 2 is 1.95 bits per heavy atom. The van der Waals surface area contributed by atoms with Crippen LogP contribution in [0.15, 0.2) is 53.7 Å². The van der Waals surface area contributed by atoms with Gasteiger partial charge in [0.1, 0.15) is 5.03 Å². The predicted octanol–water partition coefficient (Wildman–Crippen LogP) is 3.37. The fourth-order valence-electron chi connectivity index (χ4n) is 1.80. The van der Waals surface area contributed by atoms with Gasteiger partial charge in [-0.25, -0.2) is 4.98 Å². The molecule has 1 amide bonds. The van der Waals surface area contributed by atoms with E-state index < -0.39 is 5.76 Å². The lowest BCUT2D eigenvalue weighted by atomic mass is 10.1. The Morgan fingerprint density at radius 3 is 2.67 bits per heavy atom. The van der Waals surface area contributed by atoms with Gasteiger partial charge in [-0.1, -0.05) is 30.3 Å². The first-order valence-corrected chi connectivity index (χ1v) is 7.26. The second kappa shape index (κ2) is 7.73. The van der Waals surface area contributed by atoms with E-state index in [1.807, 2.05) is 30.3 Å². The molecule has 1 aromatic carbocycles. The van der Waals surface area contributed by atoms with E-state index in [4.69, 9.17) is 0 Å². The molecule has 110 valence electrons. The number of carbonyl (C=O) groups is 1. The number of amides is 1. The zero-order valence-corrected chi connectivity index (χ0v) is 11.9. The van der Waals surface area contributed by atoms with Crippen molar-refractivity contribution in [2.24, 2.45) is 0 Å². The molecule has 0 bridgehead atoms. The molecule has 1 N–H and O–H groups in total. The van der Waals surface area contributed by atoms with Gasteiger partial charge in [0.05, 0.1) is 5.56 Å². The second-order valence-electron chi connectivity index (χ2n) is 4.23. The summed E-state index contributed by atoms with van der Waals surface area (Å²) in [6.07, 6.45) is 2.08. The third-order valence-electron chi connectivity index (χ3n) is 2.76. The summed E-state index contributed by atoms with van der Waals surface area (Å²) >= 11 is 0.278. The number of thioether (sulfide) groups is 1. The topological polar surface area (TPSA) is 42.0 Å². The summed E-state index contributed by atoms with van der Waals surface area (Å²) in [4.78, 5) is 15.9. The lowest BCUT2D eigenvalue weighted by Gasteiger charge is -2.08. The molecule has 0 saturated heterocycles. The van der Waals surface area contributed by atoms with Crippen molar-refractivity contribution in [1.29, 1.82) is 0 Å². The van der Waals surface area contributed by atoms with Crippen LogP contribution in [0.1, 0.15) is 15.9 Å². The zero-order chi connectivity index (χ0) is 15.1. The standard InChI is InChI=1S/C15H14F2N2OS/c16-15(17)21-14-12(7-4-9-19-14)13(20)18-10-8-11-5-2-1-3-6-11/h1-7,9,15H,8,10H2,(H,18,20). The molecule has 0 aliphatic rings. The number of carbonyl (C=O) groups excluding carboxylic acids is 1. The van der Waals surface area contributed by atoms with Gasteiger partial charge in [-0.15, -0.1) is 0 Å². The third-order valence-corrected chi connectivity index (χ3v) is 3.49. The molecule has 2 aromatic rings. The molecule has 0 fully saturated rings. The smallest absolute Gasteiger partial charge is 0.290 e. The van der Waals surface area contributed by atoms with E-state index >= 15 is 0 Å². The highest BCUT2D eigenvalue weighted by atomic mass is 32.2. The van der Waals surface area contributed by atoms with Gasteiger partial charge < -0.3 is 5.32 Å². The van der Waals surface area contributed by atoms with Crippen LogP contribution in [0.2, 0.25) is 0 Å². The van der Waals surface area contributed by atoms with Crippen molar-refractivity contribution in [2.75, 3.05) is 6.54 Å². The first-order chi connectivity index (χ1) is 10.2. The van der Waals surface area contributed by atoms with Crippen LogP contribution in [-0.2, 0) is 6.42 Å². The van der Waals surface area contributed by atoms with E-state index in [0.29, 0.717) is 13.0 Å². The van der Waals surface area contributed by atoms with Gasteiger partial charge in [-0.2, -0.15) is 8.78 Å². The first kappa shape index (κ1) is 15.4. The normalized spacial score (nSPS) is 10.6. The molecule has 21 heavy (non-hydrogen) atoms. The number of rotatable bonds is 6. The van der Waals surface area contributed by atoms with Crippen molar-refractivity contribution in [2.45, 2.75) is 17.2 Å². The number of pyridine rings is 1. The summed E-state index contributed by atoms with van der Waals surface area (Å²) in [5.41, 5.74) is 1.28. The van der Waals surface area contributed by atoms with Gasteiger partial charge in [-0.05, 0) is 35.9 Å². The minimum absolute atomic E-state index is 0.0460. The summed E-state index contributed by atoms with van der Waals surface area (Å²) in [7, 11) is 0. The van der Waals surface area contributed by atoms with E-state index in [9.17, 15) is 13.6 Å². The number of hydrogen-bond acceptors (Lipinski definition) is 3. The quantitative estimate of drug-likeness (QED) is 0.832. The SMILES string of the molecule is O=C(NCCc1ccccc1)c1cccnc1SC(F)F. The molecule has 1 heterocycles. The minimum atomic E-state index is -2.60. The van der Waals surface area contributed by atoms with Crippen molar-refractivity contribution in [3.63, 3.8) is 0 Å². The molecule has 0 saturated carbocycles. The highest BCUT2D eigenvalue weighted by molar-refractivity contribution is 7.99. The van der Waals surface area contributed by atoms with Gasteiger partial charge in [0.25, 0.3) is 11.7 Å². The molecule has 0 radical (unpaired) electrons. The lowest BCUT2D eigenvalue weighted by Crippen LogP contribution is -2.26. The molecule has 1 aromatic heterocycles. The molecule has 0 atom stereocenters. The average Bonchev–Trinajstić information content (AvgIpc) is 2.48. The molecule has 0 unspecified atom stereocenters. The average molecular weight is 308 g/mol. The van der Waals surface area contributed by atoms with Crippen LogP contribution in [0.25, 0.3) is 0 Å². The van der Waals surface area contributed by atoms with Crippen LogP contribution < -0.4 is 5.32 Å². The number of benzene rings is 1. The third kappa shape index (κ3) is 4.82. The molecular formula is C15H14F2N2OS. The van der Waals surface area contributed by atoms with Crippen molar-refractivity contribution < 1.29 is 13.6 Å². The van der Waals surface area contributed by atoms with E-state index in [0.717, 1.165) is 5.56 Å². The molecule has 0 aliphatic carbocycles. The Kier molecular flexibility index (Phi) is 5.68. The van der Waals surface area contributed by atoms with E-state index in [1.165, 1.54) is 12.3 Å². The molecular weight excluding hydrogens is 294 g/mol.